The van der Waals surface area contributed by atoms with Crippen LogP contribution in [0, 0.1) is 0 Å². The van der Waals surface area contributed by atoms with Crippen molar-refractivity contribution in [3.8, 4) is 0 Å². The molecule has 0 fully saturated rings. The Bertz CT molecular complexity index is 315. The van der Waals surface area contributed by atoms with Crippen LogP contribution in [0.1, 0.15) is 20.3 Å². The van der Waals surface area contributed by atoms with Crippen LogP contribution in [-0.2, 0) is 14.3 Å². The first kappa shape index (κ1) is 16.7. The van der Waals surface area contributed by atoms with Gasteiger partial charge in [-0.3, -0.25) is 4.79 Å². The van der Waals surface area contributed by atoms with Gasteiger partial charge in [-0.2, -0.15) is 13.2 Å². The van der Waals surface area contributed by atoms with Crippen LogP contribution in [0.5, 0.6) is 0 Å². The molecule has 0 spiro atoms. The summed E-state index contributed by atoms with van der Waals surface area (Å²) < 4.78 is 39.5. The van der Waals surface area contributed by atoms with Crippen LogP contribution in [0.15, 0.2) is 0 Å². The van der Waals surface area contributed by atoms with Crippen LogP contribution in [0.25, 0.3) is 0 Å². The zero-order chi connectivity index (χ0) is 14.6. The quantitative estimate of drug-likeness (QED) is 0.739. The fraction of sp³-hybridized carbons (Fsp3) is 0.800. The second kappa shape index (κ2) is 6.03. The highest BCUT2D eigenvalue weighted by atomic mass is 19.4. The van der Waals surface area contributed by atoms with Gasteiger partial charge in [0.25, 0.3) is 0 Å². The number of carboxylic acid groups (broad SMARTS) is 1. The van der Waals surface area contributed by atoms with Gasteiger partial charge in [0.1, 0.15) is 12.1 Å². The molecule has 5 nitrogen and oxygen atoms in total. The first-order chi connectivity index (χ1) is 7.98. The fourth-order valence-corrected chi connectivity index (χ4v) is 0.970. The minimum atomic E-state index is -4.44. The summed E-state index contributed by atoms with van der Waals surface area (Å²) in [4.78, 5) is 23.3. The Kier molecular flexibility index (Phi) is 5.59. The van der Waals surface area contributed by atoms with E-state index in [-0.39, 0.29) is 6.42 Å². The molecule has 0 bridgehead atoms. The number of amides is 1. The summed E-state index contributed by atoms with van der Waals surface area (Å²) in [5.41, 5.74) is -1.42. The summed E-state index contributed by atoms with van der Waals surface area (Å²) in [6.45, 7) is 0.818. The molecule has 18 heavy (non-hydrogen) atoms. The van der Waals surface area contributed by atoms with Gasteiger partial charge in [-0.25, -0.2) is 4.79 Å². The number of halogens is 3. The third kappa shape index (κ3) is 5.35. The van der Waals surface area contributed by atoms with E-state index in [9.17, 15) is 22.8 Å². The van der Waals surface area contributed by atoms with Gasteiger partial charge < -0.3 is 14.7 Å². The molecule has 0 unspecified atom stereocenters. The van der Waals surface area contributed by atoms with Crippen molar-refractivity contribution in [2.45, 2.75) is 32.0 Å². The van der Waals surface area contributed by atoms with Crippen LogP contribution in [-0.4, -0.2) is 53.9 Å². The zero-order valence-corrected chi connectivity index (χ0v) is 10.4. The average molecular weight is 271 g/mol. The molecule has 8 heteroatoms. The lowest BCUT2D eigenvalue weighted by Gasteiger charge is -2.31. The highest BCUT2D eigenvalue weighted by Gasteiger charge is 2.35. The standard InChI is InChI=1S/C10H16F3NO4/c1-9(2,8(16)17)14(3)7(15)4-5-18-6-10(11,12)13/h4-6H2,1-3H3,(H,16,17). The van der Waals surface area contributed by atoms with E-state index in [1.807, 2.05) is 0 Å². The topological polar surface area (TPSA) is 66.8 Å². The third-order valence-corrected chi connectivity index (χ3v) is 2.46. The molecule has 0 aliphatic heterocycles. The molecule has 0 aliphatic rings. The third-order valence-electron chi connectivity index (χ3n) is 2.46. The van der Waals surface area contributed by atoms with E-state index in [0.29, 0.717) is 0 Å². The Labute approximate surface area is 103 Å². The molecule has 0 aromatic heterocycles. The number of nitrogens with zero attached hydrogens (tertiary/aromatic N) is 1. The monoisotopic (exact) mass is 271 g/mol. The van der Waals surface area contributed by atoms with Crippen LogP contribution in [0.4, 0.5) is 13.2 Å². The Balaban J connectivity index is 4.15. The minimum Gasteiger partial charge on any atom is -0.480 e. The van der Waals surface area contributed by atoms with Gasteiger partial charge >= 0.3 is 12.1 Å². The first-order valence-corrected chi connectivity index (χ1v) is 5.13. The first-order valence-electron chi connectivity index (χ1n) is 5.13. The summed E-state index contributed by atoms with van der Waals surface area (Å²) in [6, 6.07) is 0. The van der Waals surface area contributed by atoms with Gasteiger partial charge in [-0.05, 0) is 13.8 Å². The summed E-state index contributed by atoms with van der Waals surface area (Å²) >= 11 is 0. The maximum Gasteiger partial charge on any atom is 0.411 e. The Morgan fingerprint density at radius 3 is 2.17 bits per heavy atom. The summed E-state index contributed by atoms with van der Waals surface area (Å²) in [5, 5.41) is 8.86. The Hall–Kier alpha value is -1.31. The molecule has 0 rings (SSSR count). The largest absolute Gasteiger partial charge is 0.480 e. The van der Waals surface area contributed by atoms with Gasteiger partial charge in [-0.15, -0.1) is 0 Å². The van der Waals surface area contributed by atoms with Gasteiger partial charge in [0.15, 0.2) is 0 Å². The molecule has 1 amide bonds. The van der Waals surface area contributed by atoms with Gasteiger partial charge in [0.2, 0.25) is 5.91 Å². The molecule has 0 saturated carbocycles. The smallest absolute Gasteiger partial charge is 0.411 e. The molecule has 0 heterocycles. The van der Waals surface area contributed by atoms with E-state index in [1.165, 1.54) is 20.9 Å². The molecular formula is C10H16F3NO4. The molecular weight excluding hydrogens is 255 g/mol. The number of carbonyl (C=O) groups excluding carboxylic acids is 1. The maximum atomic E-state index is 11.7. The van der Waals surface area contributed by atoms with E-state index in [1.54, 1.807) is 0 Å². The molecule has 1 N–H and O–H groups in total. The van der Waals surface area contributed by atoms with Crippen molar-refractivity contribution in [2.75, 3.05) is 20.3 Å². The highest BCUT2D eigenvalue weighted by molar-refractivity contribution is 5.86. The number of ether oxygens (including phenoxy) is 1. The van der Waals surface area contributed by atoms with Crippen molar-refractivity contribution >= 4 is 11.9 Å². The van der Waals surface area contributed by atoms with Crippen molar-refractivity contribution < 1.29 is 32.6 Å². The minimum absolute atomic E-state index is 0.302. The lowest BCUT2D eigenvalue weighted by Crippen LogP contribution is -2.51. The van der Waals surface area contributed by atoms with Crippen LogP contribution in [0.3, 0.4) is 0 Å². The number of alkyl halides is 3. The fourth-order valence-electron chi connectivity index (χ4n) is 0.970. The lowest BCUT2D eigenvalue weighted by molar-refractivity contribution is -0.175. The van der Waals surface area contributed by atoms with Crippen molar-refractivity contribution in [3.63, 3.8) is 0 Å². The highest BCUT2D eigenvalue weighted by Crippen LogP contribution is 2.16. The van der Waals surface area contributed by atoms with E-state index >= 15 is 0 Å². The second-order valence-corrected chi connectivity index (χ2v) is 4.23. The Morgan fingerprint density at radius 1 is 1.28 bits per heavy atom. The number of rotatable bonds is 6. The van der Waals surface area contributed by atoms with Crippen LogP contribution >= 0.6 is 0 Å². The van der Waals surface area contributed by atoms with Crippen molar-refractivity contribution in [3.05, 3.63) is 0 Å². The molecule has 0 saturated heterocycles. The van der Waals surface area contributed by atoms with Crippen molar-refractivity contribution in [2.24, 2.45) is 0 Å². The molecule has 0 aromatic carbocycles. The molecule has 0 atom stereocenters. The predicted molar refractivity (Wildman–Crippen MR) is 56.0 cm³/mol. The number of hydrogen-bond donors (Lipinski definition) is 1. The number of carbonyl (C=O) groups is 2. The van der Waals surface area contributed by atoms with Crippen LogP contribution in [0.2, 0.25) is 0 Å². The number of likely N-dealkylation sites (N-methyl/N-ethyl adjacent to an activating group) is 1. The zero-order valence-electron chi connectivity index (χ0n) is 10.4. The van der Waals surface area contributed by atoms with E-state index in [4.69, 9.17) is 5.11 Å². The predicted octanol–water partition coefficient (Wildman–Crippen LogP) is 1.28. The average Bonchev–Trinajstić information content (AvgIpc) is 2.21. The van der Waals surface area contributed by atoms with Crippen molar-refractivity contribution in [1.29, 1.82) is 0 Å². The van der Waals surface area contributed by atoms with E-state index in [2.05, 4.69) is 4.74 Å². The van der Waals surface area contributed by atoms with E-state index < -0.39 is 36.8 Å². The SMILES string of the molecule is CN(C(=O)CCOCC(F)(F)F)C(C)(C)C(=O)O. The van der Waals surface area contributed by atoms with Gasteiger partial charge in [0.05, 0.1) is 13.0 Å². The Morgan fingerprint density at radius 2 is 1.78 bits per heavy atom. The van der Waals surface area contributed by atoms with Gasteiger partial charge in [0, 0.05) is 7.05 Å². The van der Waals surface area contributed by atoms with Crippen molar-refractivity contribution in [1.82, 2.24) is 4.90 Å². The molecule has 0 aromatic rings. The maximum absolute atomic E-state index is 11.7. The number of aliphatic carboxylic acids is 1. The van der Waals surface area contributed by atoms with Crippen LogP contribution < -0.4 is 0 Å². The summed E-state index contributed by atoms with van der Waals surface area (Å²) in [7, 11) is 1.28. The molecule has 0 radical (unpaired) electrons. The second-order valence-electron chi connectivity index (χ2n) is 4.23. The summed E-state index contributed by atoms with van der Waals surface area (Å²) in [6.07, 6.45) is -4.74. The normalized spacial score (nSPS) is 12.3. The summed E-state index contributed by atoms with van der Waals surface area (Å²) in [5.74, 6) is -1.79. The lowest BCUT2D eigenvalue weighted by atomic mass is 10.0. The molecule has 106 valence electrons. The van der Waals surface area contributed by atoms with E-state index in [0.717, 1.165) is 4.90 Å². The number of carboxylic acids is 1. The number of hydrogen-bond acceptors (Lipinski definition) is 3. The molecule has 0 aliphatic carbocycles. The van der Waals surface area contributed by atoms with Gasteiger partial charge in [-0.1, -0.05) is 0 Å².